The Morgan fingerprint density at radius 2 is 1.86 bits per heavy atom. The average Bonchev–Trinajstić information content (AvgIpc) is 2.48. The van der Waals surface area contributed by atoms with Gasteiger partial charge in [-0.15, -0.1) is 0 Å². The molecule has 108 valence electrons. The maximum absolute atomic E-state index is 11.7. The number of hydrogen-bond acceptors (Lipinski definition) is 3. The van der Waals surface area contributed by atoms with Crippen LogP contribution >= 0.6 is 23.2 Å². The summed E-state index contributed by atoms with van der Waals surface area (Å²) in [5.41, 5.74) is 1.06. The summed E-state index contributed by atoms with van der Waals surface area (Å²) in [6, 6.07) is 11.3. The molecule has 0 atom stereocenters. The molecule has 0 aromatic heterocycles. The molecule has 0 aliphatic heterocycles. The van der Waals surface area contributed by atoms with Gasteiger partial charge >= 0.3 is 0 Å². The largest absolute Gasteiger partial charge is 0.482 e. The van der Waals surface area contributed by atoms with Gasteiger partial charge in [0, 0.05) is 16.3 Å². The van der Waals surface area contributed by atoms with E-state index >= 15 is 0 Å². The Hall–Kier alpha value is -2.04. The van der Waals surface area contributed by atoms with E-state index in [1.807, 2.05) is 0 Å². The van der Waals surface area contributed by atoms with Crippen LogP contribution in [0.25, 0.3) is 0 Å². The minimum Gasteiger partial charge on any atom is -0.482 e. The normalized spacial score (nSPS) is 10.0. The van der Waals surface area contributed by atoms with Crippen molar-refractivity contribution in [2.75, 3.05) is 11.9 Å². The van der Waals surface area contributed by atoms with Crippen LogP contribution in [0.5, 0.6) is 5.75 Å². The number of carbonyl (C=O) groups excluding carboxylic acids is 2. The number of ether oxygens (including phenoxy) is 1. The minimum absolute atomic E-state index is 0.192. The molecule has 0 aliphatic carbocycles. The van der Waals surface area contributed by atoms with Crippen LogP contribution in [0.3, 0.4) is 0 Å². The van der Waals surface area contributed by atoms with Crippen LogP contribution in [0.15, 0.2) is 42.5 Å². The lowest BCUT2D eigenvalue weighted by Crippen LogP contribution is -2.20. The number of halogens is 2. The number of anilines is 1. The molecule has 0 unspecified atom stereocenters. The number of rotatable bonds is 5. The minimum atomic E-state index is -0.326. The van der Waals surface area contributed by atoms with Crippen molar-refractivity contribution in [1.82, 2.24) is 0 Å². The Labute approximate surface area is 131 Å². The molecule has 0 radical (unpaired) electrons. The van der Waals surface area contributed by atoms with Crippen LogP contribution in [0.2, 0.25) is 10.0 Å². The maximum Gasteiger partial charge on any atom is 0.262 e. The van der Waals surface area contributed by atoms with Crippen LogP contribution < -0.4 is 10.1 Å². The summed E-state index contributed by atoms with van der Waals surface area (Å²) >= 11 is 11.7. The van der Waals surface area contributed by atoms with Crippen LogP contribution in [0.1, 0.15) is 10.4 Å². The summed E-state index contributed by atoms with van der Waals surface area (Å²) < 4.78 is 5.31. The molecule has 2 aromatic rings. The zero-order chi connectivity index (χ0) is 15.2. The molecule has 6 heteroatoms. The van der Waals surface area contributed by atoms with Crippen LogP contribution in [0.4, 0.5) is 5.69 Å². The maximum atomic E-state index is 11.7. The lowest BCUT2D eigenvalue weighted by molar-refractivity contribution is -0.118. The highest BCUT2D eigenvalue weighted by molar-refractivity contribution is 6.32. The highest BCUT2D eigenvalue weighted by Crippen LogP contribution is 2.24. The second-order valence-electron chi connectivity index (χ2n) is 4.15. The van der Waals surface area contributed by atoms with Crippen LogP contribution in [-0.2, 0) is 4.79 Å². The molecule has 1 N–H and O–H groups in total. The Morgan fingerprint density at radius 1 is 1.14 bits per heavy atom. The van der Waals surface area contributed by atoms with Gasteiger partial charge in [-0.25, -0.2) is 0 Å². The summed E-state index contributed by atoms with van der Waals surface area (Å²) in [6.45, 7) is -0.192. The molecule has 0 fully saturated rings. The molecule has 0 heterocycles. The third-order valence-corrected chi connectivity index (χ3v) is 3.13. The summed E-state index contributed by atoms with van der Waals surface area (Å²) in [5.74, 6) is 0.0152. The van der Waals surface area contributed by atoms with E-state index in [9.17, 15) is 9.59 Å². The smallest absolute Gasteiger partial charge is 0.262 e. The third-order valence-electron chi connectivity index (χ3n) is 2.58. The summed E-state index contributed by atoms with van der Waals surface area (Å²) in [4.78, 5) is 22.3. The van der Waals surface area contributed by atoms with Crippen molar-refractivity contribution in [2.45, 2.75) is 0 Å². The highest BCUT2D eigenvalue weighted by atomic mass is 35.5. The fourth-order valence-electron chi connectivity index (χ4n) is 1.58. The Morgan fingerprint density at radius 3 is 2.48 bits per heavy atom. The van der Waals surface area contributed by atoms with Crippen molar-refractivity contribution in [3.63, 3.8) is 0 Å². The molecule has 0 aliphatic rings. The van der Waals surface area contributed by atoms with Gasteiger partial charge in [0.15, 0.2) is 6.61 Å². The predicted molar refractivity (Wildman–Crippen MR) is 82.4 cm³/mol. The average molecular weight is 324 g/mol. The SMILES string of the molecule is O=Cc1ccc(OCC(=O)Nc2ccc(Cl)cc2)c(Cl)c1. The van der Waals surface area contributed by atoms with Gasteiger partial charge in [-0.3, -0.25) is 9.59 Å². The van der Waals surface area contributed by atoms with Crippen molar-refractivity contribution < 1.29 is 14.3 Å². The van der Waals surface area contributed by atoms with E-state index in [4.69, 9.17) is 27.9 Å². The van der Waals surface area contributed by atoms with Crippen molar-refractivity contribution in [3.8, 4) is 5.75 Å². The molecule has 2 aromatic carbocycles. The second-order valence-corrected chi connectivity index (χ2v) is 5.00. The summed E-state index contributed by atoms with van der Waals surface area (Å²) in [6.07, 6.45) is 0.683. The van der Waals surface area contributed by atoms with Gasteiger partial charge in [-0.05, 0) is 42.5 Å². The van der Waals surface area contributed by atoms with E-state index in [0.29, 0.717) is 28.3 Å². The number of benzene rings is 2. The van der Waals surface area contributed by atoms with E-state index in [1.165, 1.54) is 6.07 Å². The molecule has 0 bridgehead atoms. The highest BCUT2D eigenvalue weighted by Gasteiger charge is 2.07. The lowest BCUT2D eigenvalue weighted by atomic mass is 10.2. The number of nitrogens with one attached hydrogen (secondary N) is 1. The molecule has 4 nitrogen and oxygen atoms in total. The molecular formula is C15H11Cl2NO3. The fourth-order valence-corrected chi connectivity index (χ4v) is 1.95. The van der Waals surface area contributed by atoms with Gasteiger partial charge in [0.2, 0.25) is 0 Å². The first-order chi connectivity index (χ1) is 10.1. The second kappa shape index (κ2) is 7.11. The van der Waals surface area contributed by atoms with E-state index in [2.05, 4.69) is 5.32 Å². The van der Waals surface area contributed by atoms with Crippen LogP contribution in [0, 0.1) is 0 Å². The number of amides is 1. The molecule has 0 saturated heterocycles. The van der Waals surface area contributed by atoms with Crippen molar-refractivity contribution in [2.24, 2.45) is 0 Å². The number of aldehydes is 1. The van der Waals surface area contributed by atoms with Crippen molar-refractivity contribution in [3.05, 3.63) is 58.1 Å². The summed E-state index contributed by atoms with van der Waals surface area (Å²) in [7, 11) is 0. The molecular weight excluding hydrogens is 313 g/mol. The van der Waals surface area contributed by atoms with Gasteiger partial charge in [-0.1, -0.05) is 23.2 Å². The Kier molecular flexibility index (Phi) is 5.20. The van der Waals surface area contributed by atoms with Gasteiger partial charge in [0.25, 0.3) is 5.91 Å². The standard InChI is InChI=1S/C15H11Cl2NO3/c16-11-2-4-12(5-3-11)18-15(20)9-21-14-6-1-10(8-19)7-13(14)17/h1-8H,9H2,(H,18,20). The molecule has 2 rings (SSSR count). The third kappa shape index (κ3) is 4.48. The molecule has 0 saturated carbocycles. The quantitative estimate of drug-likeness (QED) is 0.851. The van der Waals surface area contributed by atoms with Crippen molar-refractivity contribution in [1.29, 1.82) is 0 Å². The fraction of sp³-hybridized carbons (Fsp3) is 0.0667. The lowest BCUT2D eigenvalue weighted by Gasteiger charge is -2.09. The van der Waals surface area contributed by atoms with E-state index in [-0.39, 0.29) is 17.5 Å². The number of hydrogen-bond donors (Lipinski definition) is 1. The predicted octanol–water partition coefficient (Wildman–Crippen LogP) is 3.82. The molecule has 1 amide bonds. The first-order valence-corrected chi connectivity index (χ1v) is 6.77. The van der Waals surface area contributed by atoms with Crippen LogP contribution in [-0.4, -0.2) is 18.8 Å². The molecule has 21 heavy (non-hydrogen) atoms. The number of carbonyl (C=O) groups is 2. The first kappa shape index (κ1) is 15.4. The Balaban J connectivity index is 1.92. The van der Waals surface area contributed by atoms with E-state index < -0.39 is 0 Å². The molecule has 0 spiro atoms. The monoisotopic (exact) mass is 323 g/mol. The first-order valence-electron chi connectivity index (χ1n) is 6.01. The summed E-state index contributed by atoms with van der Waals surface area (Å²) in [5, 5.41) is 3.53. The van der Waals surface area contributed by atoms with E-state index in [0.717, 1.165) is 0 Å². The van der Waals surface area contributed by atoms with Crippen molar-refractivity contribution >= 4 is 41.1 Å². The van der Waals surface area contributed by atoms with Gasteiger partial charge < -0.3 is 10.1 Å². The van der Waals surface area contributed by atoms with Gasteiger partial charge in [-0.2, -0.15) is 0 Å². The topological polar surface area (TPSA) is 55.4 Å². The Bertz CT molecular complexity index is 656. The zero-order valence-corrected chi connectivity index (χ0v) is 12.3. The zero-order valence-electron chi connectivity index (χ0n) is 10.8. The van der Waals surface area contributed by atoms with E-state index in [1.54, 1.807) is 36.4 Å². The van der Waals surface area contributed by atoms with Gasteiger partial charge in [0.1, 0.15) is 12.0 Å². The van der Waals surface area contributed by atoms with Gasteiger partial charge in [0.05, 0.1) is 5.02 Å².